The highest BCUT2D eigenvalue weighted by Crippen LogP contribution is 2.46. The monoisotopic (exact) mass is 472 g/mol. The fraction of sp³-hybridized carbons (Fsp3) is 0.821. The summed E-state index contributed by atoms with van der Waals surface area (Å²) in [4.78, 5) is 19.3. The number of aromatic nitrogens is 1. The first-order valence-electron chi connectivity index (χ1n) is 13.8. The molecule has 4 fully saturated rings. The van der Waals surface area contributed by atoms with Gasteiger partial charge >= 0.3 is 0 Å². The maximum Gasteiger partial charge on any atom is 0.213 e. The van der Waals surface area contributed by atoms with Gasteiger partial charge < -0.3 is 9.47 Å². The van der Waals surface area contributed by atoms with Crippen LogP contribution in [0.2, 0.25) is 0 Å². The molecule has 6 heteroatoms. The number of hydrogen-bond donors (Lipinski definition) is 0. The molecule has 1 saturated heterocycles. The van der Waals surface area contributed by atoms with Crippen LogP contribution in [0.4, 0.5) is 0 Å². The van der Waals surface area contributed by atoms with Crippen LogP contribution in [0, 0.1) is 23.7 Å². The van der Waals surface area contributed by atoms with Crippen molar-refractivity contribution in [1.82, 2.24) is 9.88 Å². The zero-order valence-corrected chi connectivity index (χ0v) is 21.2. The molecular weight excluding hydrogens is 428 g/mol. The van der Waals surface area contributed by atoms with E-state index in [0.717, 1.165) is 63.4 Å². The Morgan fingerprint density at radius 2 is 1.88 bits per heavy atom. The van der Waals surface area contributed by atoms with Crippen molar-refractivity contribution < 1.29 is 19.2 Å². The Hall–Kier alpha value is -1.21. The molecule has 0 aromatic carbocycles. The molecule has 4 aliphatic rings. The van der Waals surface area contributed by atoms with Gasteiger partial charge in [-0.05, 0) is 80.1 Å². The first-order valence-corrected chi connectivity index (χ1v) is 13.8. The summed E-state index contributed by atoms with van der Waals surface area (Å²) in [7, 11) is 0. The summed E-state index contributed by atoms with van der Waals surface area (Å²) in [6.45, 7) is 10.00. The summed E-state index contributed by atoms with van der Waals surface area (Å²) in [6.07, 6.45) is 12.3. The summed E-state index contributed by atoms with van der Waals surface area (Å²) >= 11 is 0. The molecule has 3 saturated carbocycles. The van der Waals surface area contributed by atoms with Crippen molar-refractivity contribution in [3.05, 3.63) is 23.9 Å². The quantitative estimate of drug-likeness (QED) is 0.382. The third-order valence-corrected chi connectivity index (χ3v) is 8.73. The summed E-state index contributed by atoms with van der Waals surface area (Å²) in [5.41, 5.74) is 1.30. The number of morpholine rings is 1. The fourth-order valence-corrected chi connectivity index (χ4v) is 7.06. The van der Waals surface area contributed by atoms with Crippen LogP contribution in [-0.2, 0) is 14.5 Å². The Labute approximate surface area is 205 Å². The van der Waals surface area contributed by atoms with Gasteiger partial charge in [0.05, 0.1) is 25.4 Å². The van der Waals surface area contributed by atoms with Crippen molar-refractivity contribution in [2.24, 2.45) is 23.7 Å². The molecule has 7 atom stereocenters. The third-order valence-electron chi connectivity index (χ3n) is 8.73. The molecule has 190 valence electrons. The average molecular weight is 473 g/mol. The van der Waals surface area contributed by atoms with Crippen LogP contribution in [0.15, 0.2) is 18.3 Å². The first-order chi connectivity index (χ1) is 16.6. The largest absolute Gasteiger partial charge is 0.476 e. The highest BCUT2D eigenvalue weighted by Gasteiger charge is 2.41. The van der Waals surface area contributed by atoms with Gasteiger partial charge in [0.2, 0.25) is 5.88 Å². The Bertz CT molecular complexity index is 749. The van der Waals surface area contributed by atoms with E-state index in [-0.39, 0.29) is 12.2 Å². The smallest absolute Gasteiger partial charge is 0.213 e. The molecule has 6 nitrogen and oxygen atoms in total. The zero-order chi connectivity index (χ0) is 23.3. The van der Waals surface area contributed by atoms with Gasteiger partial charge in [-0.15, -0.1) is 0 Å². The van der Waals surface area contributed by atoms with E-state index in [1.807, 2.05) is 12.3 Å². The summed E-state index contributed by atoms with van der Waals surface area (Å²) < 4.78 is 11.3. The van der Waals surface area contributed by atoms with Gasteiger partial charge in [-0.25, -0.2) is 14.8 Å². The number of hydrogen-bond acceptors (Lipinski definition) is 6. The molecule has 7 unspecified atom stereocenters. The Morgan fingerprint density at radius 3 is 2.71 bits per heavy atom. The van der Waals surface area contributed by atoms with E-state index in [1.54, 1.807) is 0 Å². The van der Waals surface area contributed by atoms with Crippen molar-refractivity contribution in [3.63, 3.8) is 0 Å². The van der Waals surface area contributed by atoms with Crippen molar-refractivity contribution in [2.45, 2.75) is 83.3 Å². The van der Waals surface area contributed by atoms with E-state index in [0.29, 0.717) is 24.4 Å². The fourth-order valence-electron chi connectivity index (χ4n) is 7.06. The lowest BCUT2D eigenvalue weighted by Crippen LogP contribution is -2.42. The lowest BCUT2D eigenvalue weighted by molar-refractivity contribution is -0.377. The highest BCUT2D eigenvalue weighted by atomic mass is 17.2. The van der Waals surface area contributed by atoms with Gasteiger partial charge in [-0.2, -0.15) is 0 Å². The molecule has 2 heterocycles. The van der Waals surface area contributed by atoms with Crippen LogP contribution in [0.1, 0.15) is 76.7 Å². The van der Waals surface area contributed by atoms with Crippen molar-refractivity contribution >= 4 is 0 Å². The lowest BCUT2D eigenvalue weighted by atomic mass is 9.64. The molecule has 0 N–H and O–H groups in total. The second kappa shape index (κ2) is 11.7. The van der Waals surface area contributed by atoms with Gasteiger partial charge in [-0.3, -0.25) is 4.90 Å². The Morgan fingerprint density at radius 1 is 1.00 bits per heavy atom. The Kier molecular flexibility index (Phi) is 8.41. The zero-order valence-electron chi connectivity index (χ0n) is 21.2. The maximum atomic E-state index is 6.22. The lowest BCUT2D eigenvalue weighted by Gasteiger charge is -2.45. The molecule has 1 aromatic heterocycles. The van der Waals surface area contributed by atoms with Crippen LogP contribution < -0.4 is 4.74 Å². The molecule has 34 heavy (non-hydrogen) atoms. The molecule has 1 aliphatic heterocycles. The van der Waals surface area contributed by atoms with Crippen molar-refractivity contribution in [3.8, 4) is 5.88 Å². The predicted octanol–water partition coefficient (Wildman–Crippen LogP) is 5.23. The number of rotatable bonds is 8. The summed E-state index contributed by atoms with van der Waals surface area (Å²) in [5.74, 6) is 4.23. The third kappa shape index (κ3) is 6.31. The van der Waals surface area contributed by atoms with E-state index in [9.17, 15) is 0 Å². The molecular formula is C28H44N2O4. The minimum atomic E-state index is 0.189. The second-order valence-electron chi connectivity index (χ2n) is 11.5. The topological polar surface area (TPSA) is 53.0 Å². The number of fused-ring (bicyclic) bond motifs is 2. The van der Waals surface area contributed by atoms with E-state index in [4.69, 9.17) is 19.2 Å². The van der Waals surface area contributed by atoms with Crippen LogP contribution >= 0.6 is 0 Å². The first kappa shape index (κ1) is 24.5. The minimum Gasteiger partial charge on any atom is -0.476 e. The van der Waals surface area contributed by atoms with Crippen LogP contribution in [0.5, 0.6) is 5.88 Å². The summed E-state index contributed by atoms with van der Waals surface area (Å²) in [5, 5.41) is 0. The van der Waals surface area contributed by atoms with Crippen molar-refractivity contribution in [2.75, 3.05) is 39.5 Å². The molecule has 0 radical (unpaired) electrons. The Balaban J connectivity index is 1.07. The van der Waals surface area contributed by atoms with Crippen LogP contribution in [-0.4, -0.2) is 61.5 Å². The van der Waals surface area contributed by atoms with Crippen LogP contribution in [0.25, 0.3) is 0 Å². The van der Waals surface area contributed by atoms with E-state index >= 15 is 0 Å². The minimum absolute atomic E-state index is 0.189. The van der Waals surface area contributed by atoms with Gasteiger partial charge in [0.15, 0.2) is 0 Å². The van der Waals surface area contributed by atoms with Crippen molar-refractivity contribution in [1.29, 1.82) is 0 Å². The average Bonchev–Trinajstić information content (AvgIpc) is 2.85. The summed E-state index contributed by atoms with van der Waals surface area (Å²) in [6, 6.07) is 4.22. The van der Waals surface area contributed by atoms with E-state index in [2.05, 4.69) is 29.8 Å². The van der Waals surface area contributed by atoms with Gasteiger partial charge in [-0.1, -0.05) is 26.3 Å². The molecule has 3 aliphatic carbocycles. The van der Waals surface area contributed by atoms with Crippen LogP contribution in [0.3, 0.4) is 0 Å². The van der Waals surface area contributed by atoms with E-state index < -0.39 is 0 Å². The normalized spacial score (nSPS) is 36.8. The predicted molar refractivity (Wildman–Crippen MR) is 132 cm³/mol. The molecule has 2 bridgehead atoms. The number of pyridine rings is 1. The second-order valence-corrected chi connectivity index (χ2v) is 11.5. The van der Waals surface area contributed by atoms with Gasteiger partial charge in [0.1, 0.15) is 6.61 Å². The molecule has 0 amide bonds. The molecule has 0 spiro atoms. The molecule has 1 aromatic rings. The van der Waals surface area contributed by atoms with Gasteiger partial charge in [0.25, 0.3) is 0 Å². The van der Waals surface area contributed by atoms with E-state index in [1.165, 1.54) is 44.1 Å². The standard InChI is InChI=1S/C28H44N2O4/c1-20-14-22-16-21(2)28(25(15-20)17-22)34-33-26-5-3-4-23(18-26)24-6-7-27(29-19-24)32-13-10-30-8-11-31-12-9-30/h6-7,19-23,25-26,28H,3-5,8-18H2,1-2H3. The number of nitrogens with zero attached hydrogens (tertiary/aromatic N) is 2. The van der Waals surface area contributed by atoms with Gasteiger partial charge in [0, 0.05) is 31.9 Å². The maximum absolute atomic E-state index is 6.22. The highest BCUT2D eigenvalue weighted by molar-refractivity contribution is 5.22. The SMILES string of the molecule is CC1CC2CC(C)C(OOC3CCCC(c4ccc(OCCN5CCOCC5)nc4)C3)C(C1)C2. The molecule has 5 rings (SSSR count). The number of ether oxygens (including phenoxy) is 2.